The fourth-order valence-corrected chi connectivity index (χ4v) is 0.644. The van der Waals surface area contributed by atoms with Crippen LogP contribution in [0.5, 0.6) is 0 Å². The van der Waals surface area contributed by atoms with Crippen LogP contribution in [0.25, 0.3) is 0 Å². The predicted molar refractivity (Wildman–Crippen MR) is 36.5 cm³/mol. The molecule has 0 fully saturated rings. The van der Waals surface area contributed by atoms with Crippen LogP contribution in [0, 0.1) is 0 Å². The van der Waals surface area contributed by atoms with Crippen LogP contribution in [-0.2, 0) is 0 Å². The molecule has 8 heavy (non-hydrogen) atoms. The van der Waals surface area contributed by atoms with E-state index in [4.69, 9.17) is 11.5 Å². The van der Waals surface area contributed by atoms with Crippen molar-refractivity contribution < 1.29 is 0 Å². The van der Waals surface area contributed by atoms with Gasteiger partial charge in [-0.15, -0.1) is 0 Å². The topological polar surface area (TPSA) is 52.0 Å². The summed E-state index contributed by atoms with van der Waals surface area (Å²) in [6.07, 6.45) is 1.97. The number of nitrogens with two attached hydrogens (primary N) is 2. The van der Waals surface area contributed by atoms with Crippen molar-refractivity contribution in [2.24, 2.45) is 11.5 Å². The highest BCUT2D eigenvalue weighted by Crippen LogP contribution is 1.94. The van der Waals surface area contributed by atoms with E-state index in [1.165, 1.54) is 0 Å². The zero-order valence-corrected chi connectivity index (χ0v) is 5.72. The molecule has 4 N–H and O–H groups in total. The predicted octanol–water partition coefficient (Wildman–Crippen LogP) is 0.461. The highest BCUT2D eigenvalue weighted by molar-refractivity contribution is 4.64. The molecule has 0 rings (SSSR count). The molecule has 50 valence electrons. The molecule has 2 atom stereocenters. The molecule has 0 aliphatic rings. The van der Waals surface area contributed by atoms with E-state index < -0.39 is 0 Å². The van der Waals surface area contributed by atoms with Crippen molar-refractivity contribution in [2.45, 2.75) is 38.8 Å². The van der Waals surface area contributed by atoms with Crippen molar-refractivity contribution in [1.82, 2.24) is 0 Å². The van der Waals surface area contributed by atoms with Crippen LogP contribution in [0.15, 0.2) is 0 Å². The first kappa shape index (κ1) is 7.92. The van der Waals surface area contributed by atoms with Crippen molar-refractivity contribution in [1.29, 1.82) is 0 Å². The van der Waals surface area contributed by atoms with Gasteiger partial charge in [0, 0.05) is 12.1 Å². The first-order valence-corrected chi connectivity index (χ1v) is 3.18. The zero-order valence-electron chi connectivity index (χ0n) is 5.72. The Balaban J connectivity index is 3.10. The Morgan fingerprint density at radius 3 is 2.00 bits per heavy atom. The molecular formula is C6H16N2. The van der Waals surface area contributed by atoms with Gasteiger partial charge >= 0.3 is 0 Å². The smallest absolute Gasteiger partial charge is 0.00508 e. The third-order valence-electron chi connectivity index (χ3n) is 1.20. The average molecular weight is 116 g/mol. The van der Waals surface area contributed by atoms with E-state index in [0.29, 0.717) is 6.04 Å². The second kappa shape index (κ2) is 3.87. The zero-order chi connectivity index (χ0) is 6.57. The van der Waals surface area contributed by atoms with E-state index in [-0.39, 0.29) is 6.04 Å². The number of rotatable bonds is 3. The van der Waals surface area contributed by atoms with Gasteiger partial charge in [0.05, 0.1) is 0 Å². The van der Waals surface area contributed by atoms with Gasteiger partial charge in [0.25, 0.3) is 0 Å². The van der Waals surface area contributed by atoms with Gasteiger partial charge in [-0.1, -0.05) is 6.92 Å². The normalized spacial score (nSPS) is 18.0. The van der Waals surface area contributed by atoms with E-state index in [9.17, 15) is 0 Å². The summed E-state index contributed by atoms with van der Waals surface area (Å²) in [6, 6.07) is 0.556. The number of hydrogen-bond donors (Lipinski definition) is 2. The second-order valence-electron chi connectivity index (χ2n) is 2.38. The molecule has 0 aromatic carbocycles. The molecule has 0 aromatic rings. The first-order chi connectivity index (χ1) is 3.66. The fraction of sp³-hybridized carbons (Fsp3) is 1.00. The minimum absolute atomic E-state index is 0.255. The Morgan fingerprint density at radius 1 is 1.38 bits per heavy atom. The maximum absolute atomic E-state index is 5.59. The van der Waals surface area contributed by atoms with Gasteiger partial charge in [-0.3, -0.25) is 0 Å². The summed E-state index contributed by atoms with van der Waals surface area (Å²) >= 11 is 0. The van der Waals surface area contributed by atoms with Crippen molar-refractivity contribution in [2.75, 3.05) is 0 Å². The summed E-state index contributed by atoms with van der Waals surface area (Å²) in [5, 5.41) is 0. The van der Waals surface area contributed by atoms with Crippen LogP contribution < -0.4 is 11.5 Å². The van der Waals surface area contributed by atoms with Gasteiger partial charge in [-0.2, -0.15) is 0 Å². The third-order valence-corrected chi connectivity index (χ3v) is 1.20. The monoisotopic (exact) mass is 116 g/mol. The number of hydrogen-bond acceptors (Lipinski definition) is 2. The van der Waals surface area contributed by atoms with Gasteiger partial charge < -0.3 is 11.5 Å². The minimum atomic E-state index is 0.255. The molecule has 0 spiro atoms. The molecule has 2 heteroatoms. The molecule has 2 unspecified atom stereocenters. The van der Waals surface area contributed by atoms with Crippen LogP contribution in [0.3, 0.4) is 0 Å². The highest BCUT2D eigenvalue weighted by atomic mass is 14.7. The molecule has 0 bridgehead atoms. The lowest BCUT2D eigenvalue weighted by atomic mass is 10.1. The summed E-state index contributed by atoms with van der Waals surface area (Å²) in [5.74, 6) is 0. The lowest BCUT2D eigenvalue weighted by Crippen LogP contribution is -2.28. The lowest BCUT2D eigenvalue weighted by Gasteiger charge is -2.09. The van der Waals surface area contributed by atoms with Crippen LogP contribution in [0.4, 0.5) is 0 Å². The van der Waals surface area contributed by atoms with Gasteiger partial charge in [0.15, 0.2) is 0 Å². The lowest BCUT2D eigenvalue weighted by molar-refractivity contribution is 0.535. The molecule has 0 saturated carbocycles. The molecule has 0 radical (unpaired) electrons. The van der Waals surface area contributed by atoms with Crippen LogP contribution >= 0.6 is 0 Å². The van der Waals surface area contributed by atoms with Crippen molar-refractivity contribution in [3.05, 3.63) is 0 Å². The fourth-order valence-electron chi connectivity index (χ4n) is 0.644. The molecule has 2 nitrogen and oxygen atoms in total. The minimum Gasteiger partial charge on any atom is -0.328 e. The maximum atomic E-state index is 5.59. The summed E-state index contributed by atoms with van der Waals surface area (Å²) < 4.78 is 0. The van der Waals surface area contributed by atoms with Crippen LogP contribution in [0.2, 0.25) is 0 Å². The summed E-state index contributed by atoms with van der Waals surface area (Å²) in [7, 11) is 0. The van der Waals surface area contributed by atoms with E-state index in [1.54, 1.807) is 0 Å². The second-order valence-corrected chi connectivity index (χ2v) is 2.38. The highest BCUT2D eigenvalue weighted by Gasteiger charge is 2.00. The first-order valence-electron chi connectivity index (χ1n) is 3.18. The molecule has 0 saturated heterocycles. The Bertz CT molecular complexity index is 52.5. The largest absolute Gasteiger partial charge is 0.328 e. The van der Waals surface area contributed by atoms with Crippen LogP contribution in [-0.4, -0.2) is 12.1 Å². The molecule has 0 heterocycles. The molecule has 0 aromatic heterocycles. The Morgan fingerprint density at radius 2 is 1.88 bits per heavy atom. The molecule has 0 aliphatic carbocycles. The third kappa shape index (κ3) is 4.09. The van der Waals surface area contributed by atoms with E-state index >= 15 is 0 Å². The quantitative estimate of drug-likeness (QED) is 0.563. The SMILES string of the molecule is CCC(N)CC(C)N. The van der Waals surface area contributed by atoms with Gasteiger partial charge in [0.1, 0.15) is 0 Å². The van der Waals surface area contributed by atoms with Gasteiger partial charge in [0.2, 0.25) is 0 Å². The van der Waals surface area contributed by atoms with E-state index in [2.05, 4.69) is 6.92 Å². The summed E-state index contributed by atoms with van der Waals surface area (Å²) in [6.45, 7) is 4.06. The Hall–Kier alpha value is -0.0800. The summed E-state index contributed by atoms with van der Waals surface area (Å²) in [5.41, 5.74) is 11.1. The molecule has 0 aliphatic heterocycles. The molecule has 0 amide bonds. The van der Waals surface area contributed by atoms with Crippen LogP contribution in [0.1, 0.15) is 26.7 Å². The average Bonchev–Trinajstić information content (AvgIpc) is 1.65. The van der Waals surface area contributed by atoms with Crippen molar-refractivity contribution in [3.63, 3.8) is 0 Å². The summed E-state index contributed by atoms with van der Waals surface area (Å²) in [4.78, 5) is 0. The van der Waals surface area contributed by atoms with Gasteiger partial charge in [-0.25, -0.2) is 0 Å². The Kier molecular flexibility index (Phi) is 3.83. The van der Waals surface area contributed by atoms with E-state index in [1.807, 2.05) is 6.92 Å². The Labute approximate surface area is 51.2 Å². The van der Waals surface area contributed by atoms with Gasteiger partial charge in [-0.05, 0) is 19.8 Å². The van der Waals surface area contributed by atoms with E-state index in [0.717, 1.165) is 12.8 Å². The standard InChI is InChI=1S/C6H16N2/c1-3-6(8)4-5(2)7/h5-6H,3-4,7-8H2,1-2H3. The molecular weight excluding hydrogens is 100 g/mol. The van der Waals surface area contributed by atoms with Crippen molar-refractivity contribution >= 4 is 0 Å². The maximum Gasteiger partial charge on any atom is 0.00508 e. The van der Waals surface area contributed by atoms with Crippen molar-refractivity contribution in [3.8, 4) is 0 Å².